The van der Waals surface area contributed by atoms with Crippen LogP contribution in [0.15, 0.2) is 63.9 Å². The number of alkyl halides is 3. The van der Waals surface area contributed by atoms with Crippen molar-refractivity contribution in [3.63, 3.8) is 0 Å². The second-order valence-corrected chi connectivity index (χ2v) is 10.2. The van der Waals surface area contributed by atoms with Gasteiger partial charge in [0, 0.05) is 25.1 Å². The number of benzene rings is 2. The summed E-state index contributed by atoms with van der Waals surface area (Å²) in [6.45, 7) is 0.805. The lowest BCUT2D eigenvalue weighted by atomic mass is 9.98. The van der Waals surface area contributed by atoms with E-state index in [-0.39, 0.29) is 34.8 Å². The summed E-state index contributed by atoms with van der Waals surface area (Å²) >= 11 is 0. The van der Waals surface area contributed by atoms with Crippen LogP contribution in [0, 0.1) is 0 Å². The Labute approximate surface area is 194 Å². The van der Waals surface area contributed by atoms with Gasteiger partial charge >= 0.3 is 6.18 Å². The van der Waals surface area contributed by atoms with E-state index in [4.69, 9.17) is 4.42 Å². The van der Waals surface area contributed by atoms with Gasteiger partial charge in [0.2, 0.25) is 17.7 Å². The van der Waals surface area contributed by atoms with Gasteiger partial charge < -0.3 is 9.32 Å². The first-order valence-electron chi connectivity index (χ1n) is 10.7. The van der Waals surface area contributed by atoms with Crippen molar-refractivity contribution in [1.82, 2.24) is 15.1 Å². The van der Waals surface area contributed by atoms with Crippen LogP contribution in [0.2, 0.25) is 0 Å². The van der Waals surface area contributed by atoms with E-state index in [2.05, 4.69) is 10.2 Å². The summed E-state index contributed by atoms with van der Waals surface area (Å²) < 4.78 is 68.9. The number of sulfone groups is 1. The van der Waals surface area contributed by atoms with Crippen molar-refractivity contribution in [2.75, 3.05) is 18.8 Å². The van der Waals surface area contributed by atoms with Crippen LogP contribution in [-0.2, 0) is 20.8 Å². The van der Waals surface area contributed by atoms with Gasteiger partial charge in [-0.15, -0.1) is 10.2 Å². The van der Waals surface area contributed by atoms with Crippen LogP contribution >= 0.6 is 0 Å². The summed E-state index contributed by atoms with van der Waals surface area (Å²) in [6, 6.07) is 12.4. The third kappa shape index (κ3) is 5.46. The van der Waals surface area contributed by atoms with Crippen LogP contribution in [-0.4, -0.2) is 48.3 Å². The van der Waals surface area contributed by atoms with Gasteiger partial charge in [0.05, 0.1) is 22.1 Å². The fraction of sp³-hybridized carbons (Fsp3) is 0.348. The highest BCUT2D eigenvalue weighted by atomic mass is 32.2. The summed E-state index contributed by atoms with van der Waals surface area (Å²) in [7, 11) is -3.56. The molecule has 0 saturated carbocycles. The molecule has 3 aromatic rings. The van der Waals surface area contributed by atoms with E-state index in [0.29, 0.717) is 37.4 Å². The maximum Gasteiger partial charge on any atom is 0.416 e. The predicted molar refractivity (Wildman–Crippen MR) is 116 cm³/mol. The zero-order valence-electron chi connectivity index (χ0n) is 18.0. The third-order valence-electron chi connectivity index (χ3n) is 5.71. The van der Waals surface area contributed by atoms with Crippen molar-refractivity contribution in [2.45, 2.75) is 36.3 Å². The minimum Gasteiger partial charge on any atom is -0.420 e. The van der Waals surface area contributed by atoms with Crippen molar-refractivity contribution >= 4 is 15.7 Å². The van der Waals surface area contributed by atoms with Gasteiger partial charge in [-0.25, -0.2) is 8.42 Å². The summed E-state index contributed by atoms with van der Waals surface area (Å²) in [5, 5.41) is 7.98. The quantitative estimate of drug-likeness (QED) is 0.508. The Morgan fingerprint density at radius 1 is 1.06 bits per heavy atom. The van der Waals surface area contributed by atoms with Gasteiger partial charge in [0.1, 0.15) is 0 Å². The maximum atomic E-state index is 12.8. The number of carbonyl (C=O) groups excluding carboxylic acids is 1. The number of hydrogen-bond donors (Lipinski definition) is 0. The first kappa shape index (κ1) is 23.9. The van der Waals surface area contributed by atoms with E-state index in [1.807, 2.05) is 0 Å². The number of nitrogens with zero attached hydrogens (tertiary/aromatic N) is 3. The van der Waals surface area contributed by atoms with E-state index in [1.54, 1.807) is 23.1 Å². The summed E-state index contributed by atoms with van der Waals surface area (Å²) in [4.78, 5) is 14.5. The minimum absolute atomic E-state index is 0.0983. The number of aromatic nitrogens is 2. The molecule has 1 atom stereocenters. The molecule has 1 aromatic heterocycles. The Bertz CT molecular complexity index is 1240. The largest absolute Gasteiger partial charge is 0.420 e. The Kier molecular flexibility index (Phi) is 6.74. The van der Waals surface area contributed by atoms with Crippen molar-refractivity contribution < 1.29 is 30.8 Å². The molecule has 0 N–H and O–H groups in total. The van der Waals surface area contributed by atoms with Gasteiger partial charge in [-0.3, -0.25) is 4.79 Å². The molecule has 0 spiro atoms. The lowest BCUT2D eigenvalue weighted by molar-refractivity contribution is -0.137. The van der Waals surface area contributed by atoms with Crippen molar-refractivity contribution in [2.24, 2.45) is 0 Å². The molecule has 2 aromatic carbocycles. The van der Waals surface area contributed by atoms with Crippen LogP contribution in [0.3, 0.4) is 0 Å². The van der Waals surface area contributed by atoms with Crippen LogP contribution in [0.5, 0.6) is 0 Å². The number of hydrogen-bond acceptors (Lipinski definition) is 6. The Morgan fingerprint density at radius 3 is 2.44 bits per heavy atom. The number of amides is 1. The molecule has 0 bridgehead atoms. The maximum absolute atomic E-state index is 12.8. The average molecular weight is 494 g/mol. The number of rotatable bonds is 6. The topological polar surface area (TPSA) is 93.4 Å². The Hall–Kier alpha value is -3.21. The van der Waals surface area contributed by atoms with Gasteiger partial charge in [0.25, 0.3) is 0 Å². The van der Waals surface area contributed by atoms with Crippen LogP contribution < -0.4 is 0 Å². The third-order valence-corrected chi connectivity index (χ3v) is 7.44. The standard InChI is InChI=1S/C23H22F3N3O4S/c24-23(25,26)18-10-8-16(9-11-18)21-27-28-22(33-21)17-5-4-13-29(15-17)20(30)12-14-34(31,32)19-6-2-1-3-7-19/h1-3,6-11,17H,4-5,12-15H2. The van der Waals surface area contributed by atoms with E-state index < -0.39 is 21.6 Å². The van der Waals surface area contributed by atoms with E-state index in [9.17, 15) is 26.4 Å². The molecule has 0 aliphatic carbocycles. The molecular weight excluding hydrogens is 471 g/mol. The molecule has 2 heterocycles. The molecular formula is C23H22F3N3O4S. The predicted octanol–water partition coefficient (Wildman–Crippen LogP) is 4.33. The number of halogens is 3. The van der Waals surface area contributed by atoms with Crippen molar-refractivity contribution in [3.8, 4) is 11.5 Å². The summed E-state index contributed by atoms with van der Waals surface area (Å²) in [6.07, 6.45) is -3.19. The van der Waals surface area contributed by atoms with Gasteiger partial charge in [-0.05, 0) is 49.2 Å². The smallest absolute Gasteiger partial charge is 0.416 e. The molecule has 180 valence electrons. The zero-order valence-corrected chi connectivity index (χ0v) is 18.8. The minimum atomic E-state index is -4.43. The molecule has 34 heavy (non-hydrogen) atoms. The van der Waals surface area contributed by atoms with Crippen molar-refractivity contribution in [1.29, 1.82) is 0 Å². The molecule has 0 radical (unpaired) electrons. The van der Waals surface area contributed by atoms with Crippen LogP contribution in [0.1, 0.15) is 36.6 Å². The highest BCUT2D eigenvalue weighted by Gasteiger charge is 2.31. The molecule has 1 aliphatic rings. The molecule has 1 aliphatic heterocycles. The van der Waals surface area contributed by atoms with Crippen LogP contribution in [0.4, 0.5) is 13.2 Å². The number of likely N-dealkylation sites (tertiary alicyclic amines) is 1. The molecule has 4 rings (SSSR count). The fourth-order valence-corrected chi connectivity index (χ4v) is 5.10. The lowest BCUT2D eigenvalue weighted by Gasteiger charge is -2.31. The highest BCUT2D eigenvalue weighted by Crippen LogP contribution is 2.32. The fourth-order valence-electron chi connectivity index (χ4n) is 3.85. The normalized spacial score (nSPS) is 17.0. The Morgan fingerprint density at radius 2 is 1.76 bits per heavy atom. The second kappa shape index (κ2) is 9.57. The molecule has 11 heteroatoms. The monoisotopic (exact) mass is 493 g/mol. The van der Waals surface area contributed by atoms with Gasteiger partial charge in [-0.2, -0.15) is 13.2 Å². The van der Waals surface area contributed by atoms with E-state index >= 15 is 0 Å². The number of piperidine rings is 1. The molecule has 1 fully saturated rings. The lowest BCUT2D eigenvalue weighted by Crippen LogP contribution is -2.39. The zero-order chi connectivity index (χ0) is 24.3. The number of carbonyl (C=O) groups is 1. The molecule has 1 saturated heterocycles. The highest BCUT2D eigenvalue weighted by molar-refractivity contribution is 7.91. The molecule has 7 nitrogen and oxygen atoms in total. The van der Waals surface area contributed by atoms with E-state index in [0.717, 1.165) is 12.1 Å². The second-order valence-electron chi connectivity index (χ2n) is 8.08. The van der Waals surface area contributed by atoms with E-state index in [1.165, 1.54) is 24.3 Å². The Balaban J connectivity index is 1.38. The van der Waals surface area contributed by atoms with Gasteiger partial charge in [0.15, 0.2) is 9.84 Å². The first-order valence-corrected chi connectivity index (χ1v) is 12.4. The van der Waals surface area contributed by atoms with Crippen molar-refractivity contribution in [3.05, 3.63) is 66.1 Å². The first-order chi connectivity index (χ1) is 16.1. The SMILES string of the molecule is O=C(CCS(=O)(=O)c1ccccc1)N1CCCC(c2nnc(-c3ccc(C(F)(F)F)cc3)o2)C1. The van der Waals surface area contributed by atoms with Gasteiger partial charge in [-0.1, -0.05) is 18.2 Å². The van der Waals surface area contributed by atoms with Crippen LogP contribution in [0.25, 0.3) is 11.5 Å². The summed E-state index contributed by atoms with van der Waals surface area (Å²) in [5.41, 5.74) is -0.409. The summed E-state index contributed by atoms with van der Waals surface area (Å²) in [5.74, 6) is -0.397. The average Bonchev–Trinajstić information content (AvgIpc) is 3.33. The molecule has 1 unspecified atom stereocenters. The molecule has 1 amide bonds.